The fourth-order valence-electron chi connectivity index (χ4n) is 2.28. The second kappa shape index (κ2) is 4.23. The van der Waals surface area contributed by atoms with Crippen LogP contribution in [0.15, 0.2) is 35.7 Å². The van der Waals surface area contributed by atoms with Gasteiger partial charge in [0.05, 0.1) is 11.4 Å². The second-order valence-corrected chi connectivity index (χ2v) is 5.34. The average Bonchev–Trinajstić information content (AvgIpc) is 2.94. The van der Waals surface area contributed by atoms with Gasteiger partial charge in [-0.25, -0.2) is 0 Å². The number of aliphatic hydroxyl groups is 1. The van der Waals surface area contributed by atoms with E-state index in [1.807, 2.05) is 32.2 Å². The lowest BCUT2D eigenvalue weighted by Crippen LogP contribution is -2.06. The van der Waals surface area contributed by atoms with Crippen molar-refractivity contribution in [2.75, 3.05) is 0 Å². The minimum absolute atomic E-state index is 0.626. The summed E-state index contributed by atoms with van der Waals surface area (Å²) in [5.74, 6) is 0. The Kier molecular flexibility index (Phi) is 2.69. The summed E-state index contributed by atoms with van der Waals surface area (Å²) in [5.41, 5.74) is 2.70. The number of nitrogens with zero attached hydrogens (tertiary/aromatic N) is 2. The molecule has 0 fully saturated rings. The Bertz CT molecular complexity index is 699. The first-order valence-electron chi connectivity index (χ1n) is 5.81. The van der Waals surface area contributed by atoms with Crippen molar-refractivity contribution >= 4 is 21.4 Å². The van der Waals surface area contributed by atoms with Gasteiger partial charge in [-0.15, -0.1) is 11.3 Å². The third-order valence-electron chi connectivity index (χ3n) is 3.12. The molecule has 0 amide bonds. The van der Waals surface area contributed by atoms with Gasteiger partial charge in [0.1, 0.15) is 6.10 Å². The third-order valence-corrected chi connectivity index (χ3v) is 4.10. The van der Waals surface area contributed by atoms with Crippen LogP contribution in [-0.4, -0.2) is 14.9 Å². The molecule has 2 heterocycles. The predicted octanol–water partition coefficient (Wildman–Crippen LogP) is 3.02. The van der Waals surface area contributed by atoms with Crippen LogP contribution in [0.4, 0.5) is 0 Å². The summed E-state index contributed by atoms with van der Waals surface area (Å²) in [7, 11) is 1.86. The van der Waals surface area contributed by atoms with E-state index in [2.05, 4.69) is 22.6 Å². The highest BCUT2D eigenvalue weighted by Gasteiger charge is 2.17. The number of hydrogen-bond acceptors (Lipinski definition) is 3. The molecular formula is C14H14N2OS. The lowest BCUT2D eigenvalue weighted by molar-refractivity contribution is 0.211. The molecule has 4 heteroatoms. The molecule has 0 aliphatic heterocycles. The molecule has 18 heavy (non-hydrogen) atoms. The molecule has 3 aromatic rings. The predicted molar refractivity (Wildman–Crippen MR) is 73.8 cm³/mol. The van der Waals surface area contributed by atoms with Gasteiger partial charge in [0.25, 0.3) is 0 Å². The average molecular weight is 258 g/mol. The molecule has 92 valence electrons. The van der Waals surface area contributed by atoms with Gasteiger partial charge in [-0.2, -0.15) is 5.10 Å². The van der Waals surface area contributed by atoms with Gasteiger partial charge < -0.3 is 5.11 Å². The van der Waals surface area contributed by atoms with E-state index in [1.54, 1.807) is 16.0 Å². The van der Waals surface area contributed by atoms with Crippen LogP contribution in [-0.2, 0) is 7.05 Å². The smallest absolute Gasteiger partial charge is 0.122 e. The fraction of sp³-hybridized carbons (Fsp3) is 0.214. The summed E-state index contributed by atoms with van der Waals surface area (Å²) in [6.45, 7) is 1.93. The molecule has 1 atom stereocenters. The first kappa shape index (κ1) is 11.4. The molecule has 2 aromatic heterocycles. The van der Waals surface area contributed by atoms with Crippen LogP contribution in [0.2, 0.25) is 0 Å². The lowest BCUT2D eigenvalue weighted by atomic mass is 10.0. The number of hydrogen-bond donors (Lipinski definition) is 1. The van der Waals surface area contributed by atoms with Crippen molar-refractivity contribution < 1.29 is 5.11 Å². The van der Waals surface area contributed by atoms with Crippen LogP contribution >= 0.6 is 11.3 Å². The number of aryl methyl sites for hydroxylation is 2. The maximum atomic E-state index is 10.5. The summed E-state index contributed by atoms with van der Waals surface area (Å²) < 4.78 is 2.88. The van der Waals surface area contributed by atoms with Crippen LogP contribution in [0.5, 0.6) is 0 Å². The first-order chi connectivity index (χ1) is 8.66. The van der Waals surface area contributed by atoms with Crippen molar-refractivity contribution in [1.29, 1.82) is 0 Å². The van der Waals surface area contributed by atoms with E-state index in [0.29, 0.717) is 0 Å². The van der Waals surface area contributed by atoms with Crippen LogP contribution in [0.1, 0.15) is 23.1 Å². The van der Waals surface area contributed by atoms with E-state index < -0.39 is 6.10 Å². The number of rotatable bonds is 2. The topological polar surface area (TPSA) is 38.0 Å². The summed E-state index contributed by atoms with van der Waals surface area (Å²) in [6, 6.07) is 10.0. The summed E-state index contributed by atoms with van der Waals surface area (Å²) in [6.07, 6.45) is -0.626. The summed E-state index contributed by atoms with van der Waals surface area (Å²) >= 11 is 1.66. The number of fused-ring (bicyclic) bond motifs is 1. The highest BCUT2D eigenvalue weighted by atomic mass is 32.1. The Morgan fingerprint density at radius 1 is 1.33 bits per heavy atom. The number of aromatic nitrogens is 2. The van der Waals surface area contributed by atoms with Crippen LogP contribution in [0.25, 0.3) is 10.1 Å². The van der Waals surface area contributed by atoms with Crippen molar-refractivity contribution in [1.82, 2.24) is 9.78 Å². The molecule has 0 aliphatic carbocycles. The van der Waals surface area contributed by atoms with E-state index in [0.717, 1.165) is 21.7 Å². The van der Waals surface area contributed by atoms with Gasteiger partial charge in [-0.1, -0.05) is 18.2 Å². The molecular weight excluding hydrogens is 244 g/mol. The molecule has 0 radical (unpaired) electrons. The summed E-state index contributed by atoms with van der Waals surface area (Å²) in [5, 5.41) is 18.1. The Labute approximate surface area is 109 Å². The van der Waals surface area contributed by atoms with E-state index in [9.17, 15) is 5.11 Å². The number of thiophene rings is 1. The summed E-state index contributed by atoms with van der Waals surface area (Å²) in [4.78, 5) is 0. The van der Waals surface area contributed by atoms with Gasteiger partial charge >= 0.3 is 0 Å². The van der Waals surface area contributed by atoms with Crippen LogP contribution in [0.3, 0.4) is 0 Å². The number of aliphatic hydroxyl groups excluding tert-OH is 1. The van der Waals surface area contributed by atoms with Gasteiger partial charge in [-0.05, 0) is 29.8 Å². The molecule has 1 unspecified atom stereocenters. The SMILES string of the molecule is Cc1cc(C(O)c2cccc3ccsc23)n(C)n1. The third kappa shape index (κ3) is 1.74. The second-order valence-electron chi connectivity index (χ2n) is 4.42. The molecule has 0 aliphatic rings. The largest absolute Gasteiger partial charge is 0.382 e. The Hall–Kier alpha value is -1.65. The molecule has 0 saturated heterocycles. The van der Waals surface area contributed by atoms with Crippen LogP contribution < -0.4 is 0 Å². The first-order valence-corrected chi connectivity index (χ1v) is 6.69. The Morgan fingerprint density at radius 2 is 2.17 bits per heavy atom. The quantitative estimate of drug-likeness (QED) is 0.767. The maximum Gasteiger partial charge on any atom is 0.122 e. The highest BCUT2D eigenvalue weighted by Crippen LogP contribution is 2.32. The van der Waals surface area contributed by atoms with E-state index in [1.165, 1.54) is 5.39 Å². The van der Waals surface area contributed by atoms with Crippen molar-refractivity contribution in [3.05, 3.63) is 52.7 Å². The Balaban J connectivity index is 2.14. The molecule has 3 rings (SSSR count). The maximum absolute atomic E-state index is 10.5. The van der Waals surface area contributed by atoms with Gasteiger partial charge in [0.2, 0.25) is 0 Å². The highest BCUT2D eigenvalue weighted by molar-refractivity contribution is 7.17. The monoisotopic (exact) mass is 258 g/mol. The van der Waals surface area contributed by atoms with Crippen LogP contribution in [0, 0.1) is 6.92 Å². The molecule has 1 N–H and O–H groups in total. The Morgan fingerprint density at radius 3 is 2.89 bits per heavy atom. The van der Waals surface area contributed by atoms with Crippen molar-refractivity contribution in [2.24, 2.45) is 7.05 Å². The molecule has 0 spiro atoms. The molecule has 3 nitrogen and oxygen atoms in total. The molecule has 0 bridgehead atoms. The molecule has 1 aromatic carbocycles. The zero-order valence-electron chi connectivity index (χ0n) is 10.3. The van der Waals surface area contributed by atoms with E-state index in [4.69, 9.17) is 0 Å². The van der Waals surface area contributed by atoms with E-state index >= 15 is 0 Å². The standard InChI is InChI=1S/C14H14N2OS/c1-9-8-12(16(2)15-9)13(17)11-5-3-4-10-6-7-18-14(10)11/h3-8,13,17H,1-2H3. The fourth-order valence-corrected chi connectivity index (χ4v) is 3.22. The zero-order chi connectivity index (χ0) is 12.7. The van der Waals surface area contributed by atoms with Gasteiger partial charge in [0, 0.05) is 17.3 Å². The lowest BCUT2D eigenvalue weighted by Gasteiger charge is -2.12. The van der Waals surface area contributed by atoms with E-state index in [-0.39, 0.29) is 0 Å². The van der Waals surface area contributed by atoms with Crippen molar-refractivity contribution in [2.45, 2.75) is 13.0 Å². The minimum atomic E-state index is -0.626. The normalized spacial score (nSPS) is 13.1. The minimum Gasteiger partial charge on any atom is -0.382 e. The van der Waals surface area contributed by atoms with Gasteiger partial charge in [-0.3, -0.25) is 4.68 Å². The van der Waals surface area contributed by atoms with Crippen molar-refractivity contribution in [3.63, 3.8) is 0 Å². The van der Waals surface area contributed by atoms with Crippen molar-refractivity contribution in [3.8, 4) is 0 Å². The zero-order valence-corrected chi connectivity index (χ0v) is 11.1. The van der Waals surface area contributed by atoms with Gasteiger partial charge in [0.15, 0.2) is 0 Å². The number of benzene rings is 1. The molecule has 0 saturated carbocycles.